The van der Waals surface area contributed by atoms with Crippen LogP contribution >= 0.6 is 11.6 Å². The Hall–Kier alpha value is -2.45. The fourth-order valence-electron chi connectivity index (χ4n) is 2.42. The third-order valence-electron chi connectivity index (χ3n) is 3.66. The highest BCUT2D eigenvalue weighted by atomic mass is 35.5. The van der Waals surface area contributed by atoms with Crippen molar-refractivity contribution < 1.29 is 18.8 Å². The van der Waals surface area contributed by atoms with Gasteiger partial charge in [0.25, 0.3) is 5.91 Å². The van der Waals surface area contributed by atoms with Crippen molar-refractivity contribution in [3.8, 4) is 0 Å². The first-order chi connectivity index (χ1) is 11.0. The van der Waals surface area contributed by atoms with Crippen LogP contribution in [-0.2, 0) is 23.2 Å². The number of carbonyl (C=O) groups is 2. The quantitative estimate of drug-likeness (QED) is 0.598. The van der Waals surface area contributed by atoms with Crippen LogP contribution in [0.4, 0.5) is 5.69 Å². The van der Waals surface area contributed by atoms with Gasteiger partial charge in [-0.05, 0) is 29.5 Å². The van der Waals surface area contributed by atoms with Crippen LogP contribution in [0.3, 0.4) is 0 Å². The molecule has 2 aromatic rings. The largest absolute Gasteiger partial charge is 0.431 e. The molecule has 1 aromatic carbocycles. The van der Waals surface area contributed by atoms with E-state index in [4.69, 9.17) is 11.6 Å². The molecule has 1 aliphatic heterocycles. The van der Waals surface area contributed by atoms with E-state index in [0.29, 0.717) is 16.4 Å². The zero-order chi connectivity index (χ0) is 16.6. The van der Waals surface area contributed by atoms with Gasteiger partial charge < -0.3 is 0 Å². The number of nitrogens with zero attached hydrogens (tertiary/aromatic N) is 2. The molecule has 0 aliphatic carbocycles. The van der Waals surface area contributed by atoms with Crippen LogP contribution in [0.25, 0.3) is 0 Å². The highest BCUT2D eigenvalue weighted by molar-refractivity contribution is 6.30. The summed E-state index contributed by atoms with van der Waals surface area (Å²) < 4.78 is 6.04. The molecule has 2 amide bonds. The molecule has 9 heteroatoms. The minimum absolute atomic E-state index is 0.0287. The molecule has 1 unspecified atom stereocenters. The van der Waals surface area contributed by atoms with E-state index in [2.05, 4.69) is 15.1 Å². The molecular weight excluding hydrogens is 324 g/mol. The summed E-state index contributed by atoms with van der Waals surface area (Å²) in [6, 6.07) is 5.77. The van der Waals surface area contributed by atoms with Crippen LogP contribution in [0.2, 0.25) is 5.02 Å². The number of rotatable bonds is 4. The van der Waals surface area contributed by atoms with Crippen molar-refractivity contribution in [2.75, 3.05) is 4.90 Å². The van der Waals surface area contributed by atoms with Crippen LogP contribution in [0.15, 0.2) is 33.6 Å². The molecule has 0 bridgehead atoms. The molecule has 1 atom stereocenters. The second-order valence-electron chi connectivity index (χ2n) is 5.17. The molecule has 3 rings (SSSR count). The molecule has 0 radical (unpaired) electrons. The van der Waals surface area contributed by atoms with Gasteiger partial charge in [-0.3, -0.25) is 19.4 Å². The van der Waals surface area contributed by atoms with Crippen molar-refractivity contribution >= 4 is 29.1 Å². The predicted molar refractivity (Wildman–Crippen MR) is 79.7 cm³/mol. The first kappa shape index (κ1) is 15.4. The Kier molecular flexibility index (Phi) is 4.01. The van der Waals surface area contributed by atoms with Gasteiger partial charge in [0.05, 0.1) is 24.7 Å². The maximum absolute atomic E-state index is 12.4. The molecule has 0 spiro atoms. The third-order valence-corrected chi connectivity index (χ3v) is 3.92. The van der Waals surface area contributed by atoms with Gasteiger partial charge in [0.1, 0.15) is 0 Å². The second-order valence-corrected chi connectivity index (χ2v) is 5.60. The summed E-state index contributed by atoms with van der Waals surface area (Å²) in [7, 11) is 1.61. The average molecular weight is 338 g/mol. The zero-order valence-corrected chi connectivity index (χ0v) is 13.0. The van der Waals surface area contributed by atoms with Gasteiger partial charge in [-0.25, -0.2) is 9.69 Å². The van der Waals surface area contributed by atoms with Crippen LogP contribution in [0.5, 0.6) is 0 Å². The lowest BCUT2D eigenvalue weighted by Gasteiger charge is -2.15. The van der Waals surface area contributed by atoms with Crippen molar-refractivity contribution in [1.29, 1.82) is 0 Å². The van der Waals surface area contributed by atoms with E-state index in [0.717, 1.165) is 4.90 Å². The Labute approximate surface area is 135 Å². The molecule has 120 valence electrons. The number of nitrogens with one attached hydrogen (secondary N) is 2. The first-order valence-corrected chi connectivity index (χ1v) is 7.27. The van der Waals surface area contributed by atoms with Gasteiger partial charge in [-0.15, -0.1) is 0 Å². The van der Waals surface area contributed by atoms with Crippen molar-refractivity contribution in [3.63, 3.8) is 0 Å². The summed E-state index contributed by atoms with van der Waals surface area (Å²) in [4.78, 5) is 37.1. The number of aromatic nitrogens is 2. The Morgan fingerprint density at radius 3 is 2.65 bits per heavy atom. The molecular formula is C14H14ClN4O4+. The van der Waals surface area contributed by atoms with Gasteiger partial charge in [0.2, 0.25) is 5.91 Å². The van der Waals surface area contributed by atoms with Crippen molar-refractivity contribution in [2.45, 2.75) is 19.0 Å². The molecule has 1 fully saturated rings. The van der Waals surface area contributed by atoms with E-state index in [9.17, 15) is 14.4 Å². The summed E-state index contributed by atoms with van der Waals surface area (Å²) in [5.41, 5.74) is 0.280. The minimum atomic E-state index is -0.688. The maximum atomic E-state index is 12.4. The number of H-pyrrole nitrogens is 1. The number of hydrogen-bond donors (Lipinski definition) is 2. The molecule has 1 aliphatic rings. The van der Waals surface area contributed by atoms with E-state index < -0.39 is 11.7 Å². The lowest BCUT2D eigenvalue weighted by molar-refractivity contribution is -0.746. The average Bonchev–Trinajstić information content (AvgIpc) is 2.98. The first-order valence-electron chi connectivity index (χ1n) is 6.89. The Balaban J connectivity index is 1.74. The van der Waals surface area contributed by atoms with Crippen LogP contribution in [0, 0.1) is 0 Å². The number of aromatic amines is 1. The van der Waals surface area contributed by atoms with Gasteiger partial charge in [0, 0.05) is 5.02 Å². The number of hydrogen-bond acceptors (Lipinski definition) is 5. The normalized spacial score (nSPS) is 18.0. The van der Waals surface area contributed by atoms with E-state index in [1.54, 1.807) is 31.3 Å². The number of aryl methyl sites for hydroxylation is 1. The SMILES string of the molecule is C[n+]1[nH]oc(=O)c1CNC1CC(=O)N(c2ccc(Cl)cc2)C1=O. The van der Waals surface area contributed by atoms with Gasteiger partial charge in [-0.2, -0.15) is 0 Å². The molecule has 8 nitrogen and oxygen atoms in total. The molecule has 1 saturated heterocycles. The summed E-state index contributed by atoms with van der Waals surface area (Å²) >= 11 is 5.81. The molecule has 2 heterocycles. The number of anilines is 1. The van der Waals surface area contributed by atoms with E-state index in [-0.39, 0.29) is 24.8 Å². The zero-order valence-electron chi connectivity index (χ0n) is 12.2. The summed E-state index contributed by atoms with van der Waals surface area (Å²) in [5, 5.41) is 5.83. The molecule has 23 heavy (non-hydrogen) atoms. The van der Waals surface area contributed by atoms with Crippen molar-refractivity contribution in [2.24, 2.45) is 7.05 Å². The summed E-state index contributed by atoms with van der Waals surface area (Å²) in [6.45, 7) is 0.112. The number of imide groups is 1. The monoisotopic (exact) mass is 337 g/mol. The van der Waals surface area contributed by atoms with Gasteiger partial charge >= 0.3 is 11.3 Å². The third kappa shape index (κ3) is 2.90. The Morgan fingerprint density at radius 1 is 1.35 bits per heavy atom. The molecule has 0 saturated carbocycles. The maximum Gasteiger partial charge on any atom is 0.431 e. The van der Waals surface area contributed by atoms with Crippen LogP contribution in [0.1, 0.15) is 12.1 Å². The lowest BCUT2D eigenvalue weighted by atomic mass is 10.2. The number of amides is 2. The summed E-state index contributed by atoms with van der Waals surface area (Å²) in [6.07, 6.45) is 0.0287. The summed E-state index contributed by atoms with van der Waals surface area (Å²) in [5.74, 6) is -0.666. The van der Waals surface area contributed by atoms with Crippen LogP contribution in [-0.4, -0.2) is 23.1 Å². The van der Waals surface area contributed by atoms with Gasteiger partial charge in [0.15, 0.2) is 7.05 Å². The van der Waals surface area contributed by atoms with E-state index in [1.807, 2.05) is 0 Å². The minimum Gasteiger partial charge on any atom is -0.296 e. The Morgan fingerprint density at radius 2 is 2.04 bits per heavy atom. The van der Waals surface area contributed by atoms with Crippen LogP contribution < -0.4 is 20.5 Å². The number of benzene rings is 1. The standard InChI is InChI=1S/C14H13ClN4O4/c1-18-11(14(22)23-17-18)7-16-10-6-12(20)19(13(10)21)9-4-2-8(15)3-5-9/h2-5,10,16H,6-7H2,1H3/p+1. The smallest absolute Gasteiger partial charge is 0.296 e. The van der Waals surface area contributed by atoms with E-state index >= 15 is 0 Å². The molecule has 2 N–H and O–H groups in total. The fourth-order valence-corrected chi connectivity index (χ4v) is 2.55. The highest BCUT2D eigenvalue weighted by Crippen LogP contribution is 2.24. The predicted octanol–water partition coefficient (Wildman–Crippen LogP) is -0.133. The fraction of sp³-hybridized carbons (Fsp3) is 0.286. The van der Waals surface area contributed by atoms with Crippen molar-refractivity contribution in [3.05, 3.63) is 45.4 Å². The highest BCUT2D eigenvalue weighted by Gasteiger charge is 2.39. The van der Waals surface area contributed by atoms with E-state index in [1.165, 1.54) is 4.68 Å². The van der Waals surface area contributed by atoms with Crippen molar-refractivity contribution in [1.82, 2.24) is 10.6 Å². The topological polar surface area (TPSA) is 99.3 Å². The second kappa shape index (κ2) is 5.98. The molecule has 1 aromatic heterocycles. The van der Waals surface area contributed by atoms with Gasteiger partial charge in [-0.1, -0.05) is 16.3 Å². The Bertz CT molecular complexity index is 811. The number of carbonyl (C=O) groups excluding carboxylic acids is 2. The lowest BCUT2D eigenvalue weighted by Crippen LogP contribution is -2.43. The number of halogens is 1.